The van der Waals surface area contributed by atoms with Gasteiger partial charge in [-0.05, 0) is 29.8 Å². The third-order valence-corrected chi connectivity index (χ3v) is 3.90. The molecule has 1 fully saturated rings. The van der Waals surface area contributed by atoms with Gasteiger partial charge in [0.2, 0.25) is 5.91 Å². The van der Waals surface area contributed by atoms with Gasteiger partial charge in [-0.2, -0.15) is 5.10 Å². The molecule has 1 aromatic carbocycles. The lowest BCUT2D eigenvalue weighted by Gasteiger charge is -2.12. The Morgan fingerprint density at radius 3 is 3.04 bits per heavy atom. The number of nitrogens with zero attached hydrogens (tertiary/aromatic N) is 2. The van der Waals surface area contributed by atoms with Crippen LogP contribution in [-0.2, 0) is 11.8 Å². The number of hydrogen-bond acceptors (Lipinski definition) is 4. The van der Waals surface area contributed by atoms with Crippen LogP contribution in [0.4, 0.5) is 8.78 Å². The number of halogens is 2. The van der Waals surface area contributed by atoms with Crippen molar-refractivity contribution < 1.29 is 18.3 Å². The first kappa shape index (κ1) is 17.3. The van der Waals surface area contributed by atoms with Gasteiger partial charge in [0.1, 0.15) is 12.4 Å². The highest BCUT2D eigenvalue weighted by Gasteiger charge is 2.42. The predicted molar refractivity (Wildman–Crippen MR) is 87.3 cm³/mol. The Morgan fingerprint density at radius 1 is 1.52 bits per heavy atom. The Morgan fingerprint density at radius 2 is 2.36 bits per heavy atom. The SMILES string of the molecule is Cn1cc(-c2c[c]cc(OCCNC(=O)[C@@H]3CC(F)(F)CN3)c2)cn1. The molecule has 2 aromatic rings. The van der Waals surface area contributed by atoms with E-state index in [1.807, 2.05) is 25.4 Å². The minimum absolute atomic E-state index is 0.235. The second-order valence-corrected chi connectivity index (χ2v) is 5.99. The van der Waals surface area contributed by atoms with Crippen molar-refractivity contribution in [2.45, 2.75) is 18.4 Å². The van der Waals surface area contributed by atoms with Crippen LogP contribution < -0.4 is 15.4 Å². The summed E-state index contributed by atoms with van der Waals surface area (Å²) in [4.78, 5) is 11.8. The number of amides is 1. The van der Waals surface area contributed by atoms with Crippen molar-refractivity contribution in [1.29, 1.82) is 0 Å². The second kappa shape index (κ2) is 7.18. The molecule has 1 radical (unpaired) electrons. The van der Waals surface area contributed by atoms with Crippen molar-refractivity contribution in [3.05, 3.63) is 36.7 Å². The third-order valence-electron chi connectivity index (χ3n) is 3.90. The largest absolute Gasteiger partial charge is 0.492 e. The molecular weight excluding hydrogens is 330 g/mol. The maximum atomic E-state index is 13.1. The van der Waals surface area contributed by atoms with Gasteiger partial charge in [0.15, 0.2) is 0 Å². The molecule has 1 aliphatic rings. The lowest BCUT2D eigenvalue weighted by atomic mass is 10.1. The van der Waals surface area contributed by atoms with Gasteiger partial charge in [-0.15, -0.1) is 0 Å². The normalized spacial score (nSPS) is 18.9. The van der Waals surface area contributed by atoms with E-state index in [4.69, 9.17) is 4.74 Å². The van der Waals surface area contributed by atoms with Crippen LogP contribution in [0.5, 0.6) is 5.75 Å². The van der Waals surface area contributed by atoms with Crippen molar-refractivity contribution in [3.8, 4) is 16.9 Å². The van der Waals surface area contributed by atoms with Gasteiger partial charge >= 0.3 is 0 Å². The molecule has 1 amide bonds. The van der Waals surface area contributed by atoms with Crippen LogP contribution in [0.25, 0.3) is 11.1 Å². The minimum atomic E-state index is -2.82. The predicted octanol–water partition coefficient (Wildman–Crippen LogP) is 1.38. The maximum Gasteiger partial charge on any atom is 0.262 e. The molecule has 2 heterocycles. The molecule has 1 saturated heterocycles. The van der Waals surface area contributed by atoms with Crippen LogP contribution in [0.1, 0.15) is 6.42 Å². The van der Waals surface area contributed by atoms with Gasteiger partial charge in [0, 0.05) is 25.2 Å². The van der Waals surface area contributed by atoms with Crippen molar-refractivity contribution in [3.63, 3.8) is 0 Å². The van der Waals surface area contributed by atoms with Crippen LogP contribution in [0.15, 0.2) is 30.6 Å². The molecule has 133 valence electrons. The fourth-order valence-corrected chi connectivity index (χ4v) is 2.64. The number of carbonyl (C=O) groups excluding carboxylic acids is 1. The fraction of sp³-hybridized carbons (Fsp3) is 0.412. The monoisotopic (exact) mass is 349 g/mol. The van der Waals surface area contributed by atoms with E-state index < -0.39 is 30.8 Å². The molecule has 0 spiro atoms. The van der Waals surface area contributed by atoms with Crippen molar-refractivity contribution in [1.82, 2.24) is 20.4 Å². The Bertz CT molecular complexity index is 748. The lowest BCUT2D eigenvalue weighted by Crippen LogP contribution is -2.41. The van der Waals surface area contributed by atoms with E-state index in [-0.39, 0.29) is 13.2 Å². The van der Waals surface area contributed by atoms with Crippen LogP contribution in [0, 0.1) is 6.07 Å². The number of alkyl halides is 2. The Labute approximate surface area is 144 Å². The first-order chi connectivity index (χ1) is 11.9. The molecule has 6 nitrogen and oxygen atoms in total. The smallest absolute Gasteiger partial charge is 0.262 e. The zero-order valence-corrected chi connectivity index (χ0v) is 13.8. The van der Waals surface area contributed by atoms with E-state index >= 15 is 0 Å². The highest BCUT2D eigenvalue weighted by molar-refractivity contribution is 5.82. The van der Waals surface area contributed by atoms with Crippen molar-refractivity contribution in [2.24, 2.45) is 7.05 Å². The summed E-state index contributed by atoms with van der Waals surface area (Å²) in [5.74, 6) is -2.64. The highest BCUT2D eigenvalue weighted by Crippen LogP contribution is 2.25. The number of ether oxygens (including phenoxy) is 1. The van der Waals surface area contributed by atoms with Crippen LogP contribution >= 0.6 is 0 Å². The van der Waals surface area contributed by atoms with Crippen molar-refractivity contribution in [2.75, 3.05) is 19.7 Å². The van der Waals surface area contributed by atoms with Gasteiger partial charge in [-0.1, -0.05) is 0 Å². The molecule has 3 rings (SSSR count). The van der Waals surface area contributed by atoms with Gasteiger partial charge in [0.05, 0.1) is 25.3 Å². The molecule has 0 saturated carbocycles. The average molecular weight is 349 g/mol. The number of aromatic nitrogens is 2. The summed E-state index contributed by atoms with van der Waals surface area (Å²) in [5.41, 5.74) is 1.87. The standard InChI is InChI=1S/C17H19F2N4O2/c1-23-10-13(9-22-23)12-3-2-4-14(7-12)25-6-5-20-16(24)15-8-17(18,19)11-21-15/h3-4,7,9-10,15,21H,5-6,8,11H2,1H3,(H,20,24)/t15-/m0/s1. The first-order valence-electron chi connectivity index (χ1n) is 7.95. The summed E-state index contributed by atoms with van der Waals surface area (Å²) in [6.45, 7) is 0.0114. The summed E-state index contributed by atoms with van der Waals surface area (Å²) in [5, 5.41) is 9.24. The van der Waals surface area contributed by atoms with E-state index in [1.54, 1.807) is 16.9 Å². The molecule has 1 atom stereocenters. The average Bonchev–Trinajstić information content (AvgIpc) is 3.17. The molecule has 0 bridgehead atoms. The van der Waals surface area contributed by atoms with Crippen molar-refractivity contribution >= 4 is 5.91 Å². The summed E-state index contributed by atoms with van der Waals surface area (Å²) in [6.07, 6.45) is 3.16. The zero-order valence-electron chi connectivity index (χ0n) is 13.8. The molecule has 0 aliphatic carbocycles. The summed E-state index contributed by atoms with van der Waals surface area (Å²) in [7, 11) is 1.84. The van der Waals surface area contributed by atoms with E-state index in [1.165, 1.54) is 0 Å². The Hall–Kier alpha value is -2.48. The molecular formula is C17H19F2N4O2. The number of benzene rings is 1. The minimum Gasteiger partial charge on any atom is -0.492 e. The van der Waals surface area contributed by atoms with E-state index in [0.717, 1.165) is 11.1 Å². The first-order valence-corrected chi connectivity index (χ1v) is 7.95. The number of aryl methyl sites for hydroxylation is 1. The van der Waals surface area contributed by atoms with E-state index in [2.05, 4.69) is 21.8 Å². The summed E-state index contributed by atoms with van der Waals surface area (Å²) >= 11 is 0. The Kier molecular flexibility index (Phi) is 4.98. The lowest BCUT2D eigenvalue weighted by molar-refractivity contribution is -0.123. The van der Waals surface area contributed by atoms with Gasteiger partial charge in [-0.3, -0.25) is 14.8 Å². The van der Waals surface area contributed by atoms with Crippen LogP contribution in [0.2, 0.25) is 0 Å². The number of hydrogen-bond donors (Lipinski definition) is 2. The molecule has 1 aliphatic heterocycles. The summed E-state index contributed by atoms with van der Waals surface area (Å²) in [6, 6.07) is 7.53. The maximum absolute atomic E-state index is 13.1. The number of carbonyl (C=O) groups is 1. The summed E-state index contributed by atoms with van der Waals surface area (Å²) < 4.78 is 33.4. The number of rotatable bonds is 6. The van der Waals surface area contributed by atoms with Gasteiger partial charge in [-0.25, -0.2) is 8.78 Å². The van der Waals surface area contributed by atoms with Crippen LogP contribution in [-0.4, -0.2) is 47.3 Å². The molecule has 8 heteroatoms. The highest BCUT2D eigenvalue weighted by atomic mass is 19.3. The molecule has 25 heavy (non-hydrogen) atoms. The topological polar surface area (TPSA) is 68.2 Å². The zero-order chi connectivity index (χ0) is 17.9. The second-order valence-electron chi connectivity index (χ2n) is 5.99. The molecule has 1 aromatic heterocycles. The van der Waals surface area contributed by atoms with Gasteiger partial charge < -0.3 is 10.1 Å². The van der Waals surface area contributed by atoms with E-state index in [9.17, 15) is 13.6 Å². The van der Waals surface area contributed by atoms with Gasteiger partial charge in [0.25, 0.3) is 5.92 Å². The number of nitrogens with one attached hydrogen (secondary N) is 2. The quantitative estimate of drug-likeness (QED) is 0.773. The van der Waals surface area contributed by atoms with E-state index in [0.29, 0.717) is 5.75 Å². The van der Waals surface area contributed by atoms with Crippen LogP contribution in [0.3, 0.4) is 0 Å². The third kappa shape index (κ3) is 4.54. The fourth-order valence-electron chi connectivity index (χ4n) is 2.64. The Balaban J connectivity index is 1.46. The molecule has 0 unspecified atom stereocenters. The molecule has 2 N–H and O–H groups in total.